The molecule has 6 heteroatoms. The number of thioether (sulfide) groups is 2. The van der Waals surface area contributed by atoms with Gasteiger partial charge in [-0.2, -0.15) is 0 Å². The van der Waals surface area contributed by atoms with E-state index < -0.39 is 4.20 Å². The molecule has 2 rings (SSSR count). The molecule has 2 aromatic carbocycles. The number of nitrogen functional groups attached to an aromatic ring is 3. The largest absolute Gasteiger partial charge is 0.398 e. The Morgan fingerprint density at radius 3 is 1.88 bits per heavy atom. The highest BCUT2D eigenvalue weighted by Crippen LogP contribution is 2.52. The second kappa shape index (κ2) is 7.40. The molecule has 1 atom stereocenters. The molecule has 0 bridgehead atoms. The van der Waals surface area contributed by atoms with Crippen LogP contribution in [0.2, 0.25) is 0 Å². The Morgan fingerprint density at radius 2 is 1.36 bits per heavy atom. The lowest BCUT2D eigenvalue weighted by Gasteiger charge is -2.32. The molecule has 0 aliphatic carbocycles. The standard InChI is InChI=1S/C19H28N4S2/c1-6-24-19(23,14-8-10(2)7-11(3)15(14)20)25-18-16(21)12(4)9-13(5)17(18)22/h7-9H,6,20-23H2,1-5H3. The fourth-order valence-corrected chi connectivity index (χ4v) is 5.61. The molecule has 0 aliphatic heterocycles. The van der Waals surface area contributed by atoms with Crippen LogP contribution < -0.4 is 22.9 Å². The summed E-state index contributed by atoms with van der Waals surface area (Å²) in [4.78, 5) is 0.833. The van der Waals surface area contributed by atoms with Crippen molar-refractivity contribution in [3.63, 3.8) is 0 Å². The van der Waals surface area contributed by atoms with E-state index in [1.165, 1.54) is 11.8 Å². The maximum atomic E-state index is 6.87. The number of aryl methyl sites for hydroxylation is 4. The highest BCUT2D eigenvalue weighted by atomic mass is 32.2. The Balaban J connectivity index is 2.64. The smallest absolute Gasteiger partial charge is 0.141 e. The summed E-state index contributed by atoms with van der Waals surface area (Å²) in [6.45, 7) is 10.1. The van der Waals surface area contributed by atoms with Gasteiger partial charge in [-0.05, 0) is 50.1 Å². The predicted molar refractivity (Wildman–Crippen MR) is 115 cm³/mol. The highest BCUT2D eigenvalue weighted by molar-refractivity contribution is 8.17. The predicted octanol–water partition coefficient (Wildman–Crippen LogP) is 4.28. The molecule has 0 saturated heterocycles. The van der Waals surface area contributed by atoms with Gasteiger partial charge in [-0.15, -0.1) is 11.8 Å². The van der Waals surface area contributed by atoms with E-state index >= 15 is 0 Å². The summed E-state index contributed by atoms with van der Waals surface area (Å²) in [6.07, 6.45) is 0. The first kappa shape index (κ1) is 19.8. The average molecular weight is 377 g/mol. The van der Waals surface area contributed by atoms with Gasteiger partial charge in [0.1, 0.15) is 4.20 Å². The Hall–Kier alpha value is -1.50. The van der Waals surface area contributed by atoms with Crippen molar-refractivity contribution in [2.24, 2.45) is 5.73 Å². The van der Waals surface area contributed by atoms with Crippen molar-refractivity contribution < 1.29 is 0 Å². The third-order valence-electron chi connectivity index (χ3n) is 4.29. The van der Waals surface area contributed by atoms with Crippen LogP contribution >= 0.6 is 23.5 Å². The Labute approximate surface area is 159 Å². The molecule has 0 spiro atoms. The topological polar surface area (TPSA) is 104 Å². The first-order valence-corrected chi connectivity index (χ1v) is 10.0. The molecule has 2 aromatic rings. The number of benzene rings is 2. The molecule has 8 N–H and O–H groups in total. The van der Waals surface area contributed by atoms with Gasteiger partial charge in [-0.3, -0.25) is 0 Å². The van der Waals surface area contributed by atoms with E-state index in [1.807, 2.05) is 26.8 Å². The van der Waals surface area contributed by atoms with Gasteiger partial charge < -0.3 is 22.9 Å². The molecular formula is C19H28N4S2. The van der Waals surface area contributed by atoms with Crippen molar-refractivity contribution in [2.75, 3.05) is 23.0 Å². The zero-order chi connectivity index (χ0) is 18.9. The van der Waals surface area contributed by atoms with Gasteiger partial charge in [-0.25, -0.2) is 0 Å². The normalized spacial score (nSPS) is 13.7. The van der Waals surface area contributed by atoms with Crippen molar-refractivity contribution in [3.8, 4) is 0 Å². The summed E-state index contributed by atoms with van der Waals surface area (Å²) < 4.78 is -0.766. The van der Waals surface area contributed by atoms with Gasteiger partial charge in [0.2, 0.25) is 0 Å². The lowest BCUT2D eigenvalue weighted by Crippen LogP contribution is -2.31. The second-order valence-corrected chi connectivity index (χ2v) is 9.44. The van der Waals surface area contributed by atoms with Gasteiger partial charge in [0.15, 0.2) is 0 Å². The number of nitrogens with two attached hydrogens (primary N) is 4. The molecule has 0 radical (unpaired) electrons. The fraction of sp³-hybridized carbons (Fsp3) is 0.368. The zero-order valence-corrected chi connectivity index (χ0v) is 17.2. The molecule has 136 valence electrons. The summed E-state index contributed by atoms with van der Waals surface area (Å²) in [7, 11) is 0. The number of anilines is 3. The van der Waals surface area contributed by atoms with Crippen LogP contribution in [0.1, 0.15) is 34.7 Å². The van der Waals surface area contributed by atoms with Crippen LogP contribution in [0.5, 0.6) is 0 Å². The summed E-state index contributed by atoms with van der Waals surface area (Å²) >= 11 is 3.13. The number of rotatable bonds is 5. The highest BCUT2D eigenvalue weighted by Gasteiger charge is 2.33. The Morgan fingerprint density at radius 1 is 0.840 bits per heavy atom. The zero-order valence-electron chi connectivity index (χ0n) is 15.6. The van der Waals surface area contributed by atoms with Crippen molar-refractivity contribution >= 4 is 40.6 Å². The van der Waals surface area contributed by atoms with Gasteiger partial charge >= 0.3 is 0 Å². The summed E-state index contributed by atoms with van der Waals surface area (Å²) in [6, 6.07) is 6.14. The van der Waals surface area contributed by atoms with Crippen LogP contribution in [0.25, 0.3) is 0 Å². The summed E-state index contributed by atoms with van der Waals surface area (Å²) in [5.74, 6) is 0.848. The number of hydrogen-bond acceptors (Lipinski definition) is 6. The lowest BCUT2D eigenvalue weighted by molar-refractivity contribution is 0.945. The van der Waals surface area contributed by atoms with Crippen molar-refractivity contribution in [1.82, 2.24) is 0 Å². The summed E-state index contributed by atoms with van der Waals surface area (Å²) in [5.41, 5.74) is 33.1. The van der Waals surface area contributed by atoms with Gasteiger partial charge in [0, 0.05) is 11.3 Å². The van der Waals surface area contributed by atoms with E-state index in [9.17, 15) is 0 Å². The SMILES string of the molecule is CCSC(N)(Sc1c(N)c(C)cc(C)c1N)c1cc(C)cc(C)c1N. The first-order chi connectivity index (χ1) is 11.6. The van der Waals surface area contributed by atoms with Crippen LogP contribution in [-0.2, 0) is 4.20 Å². The van der Waals surface area contributed by atoms with Gasteiger partial charge in [0.25, 0.3) is 0 Å². The maximum absolute atomic E-state index is 6.87. The van der Waals surface area contributed by atoms with Crippen molar-refractivity contribution in [2.45, 2.75) is 43.7 Å². The Kier molecular flexibility index (Phi) is 5.86. The first-order valence-electron chi connectivity index (χ1n) is 8.24. The minimum Gasteiger partial charge on any atom is -0.398 e. The monoisotopic (exact) mass is 376 g/mol. The van der Waals surface area contributed by atoms with E-state index in [2.05, 4.69) is 26.0 Å². The van der Waals surface area contributed by atoms with Crippen LogP contribution in [-0.4, -0.2) is 5.75 Å². The van der Waals surface area contributed by atoms with Crippen LogP contribution in [0, 0.1) is 27.7 Å². The second-order valence-electron chi connectivity index (χ2n) is 6.41. The summed E-state index contributed by atoms with van der Waals surface area (Å²) in [5, 5.41) is 0. The fourth-order valence-electron chi connectivity index (χ4n) is 2.89. The van der Waals surface area contributed by atoms with Crippen LogP contribution in [0.15, 0.2) is 23.1 Å². The minimum absolute atomic E-state index is 0.683. The Bertz CT molecular complexity index is 778. The molecule has 1 unspecified atom stereocenters. The lowest BCUT2D eigenvalue weighted by atomic mass is 10.0. The van der Waals surface area contributed by atoms with E-state index in [4.69, 9.17) is 22.9 Å². The van der Waals surface area contributed by atoms with Crippen molar-refractivity contribution in [1.29, 1.82) is 0 Å². The molecule has 0 aliphatic rings. The van der Waals surface area contributed by atoms with E-state index in [-0.39, 0.29) is 0 Å². The van der Waals surface area contributed by atoms with Crippen LogP contribution in [0.4, 0.5) is 17.1 Å². The molecule has 4 nitrogen and oxygen atoms in total. The van der Waals surface area contributed by atoms with Gasteiger partial charge in [-0.1, -0.05) is 42.4 Å². The molecule has 25 heavy (non-hydrogen) atoms. The molecule has 0 fully saturated rings. The van der Waals surface area contributed by atoms with Crippen molar-refractivity contribution in [3.05, 3.63) is 46.0 Å². The quantitative estimate of drug-likeness (QED) is 0.353. The molecule has 0 heterocycles. The van der Waals surface area contributed by atoms with Crippen LogP contribution in [0.3, 0.4) is 0 Å². The third-order valence-corrected chi connectivity index (χ3v) is 7.00. The molecular weight excluding hydrogens is 348 g/mol. The molecule has 0 amide bonds. The van der Waals surface area contributed by atoms with Gasteiger partial charge in [0.05, 0.1) is 16.3 Å². The van der Waals surface area contributed by atoms with E-state index in [0.29, 0.717) is 11.4 Å². The van der Waals surface area contributed by atoms with E-state index in [0.717, 1.165) is 44.2 Å². The number of hydrogen-bond donors (Lipinski definition) is 4. The molecule has 0 aromatic heterocycles. The average Bonchev–Trinajstić information content (AvgIpc) is 2.53. The third kappa shape index (κ3) is 3.86. The minimum atomic E-state index is -0.766. The molecule has 0 saturated carbocycles. The maximum Gasteiger partial charge on any atom is 0.141 e. The van der Waals surface area contributed by atoms with E-state index in [1.54, 1.807) is 11.8 Å².